The first-order valence-electron chi connectivity index (χ1n) is 5.52. The molecular weight excluding hydrogens is 146 g/mol. The SMILES string of the molecule is CC1CCCC2NCCC(C)C12. The van der Waals surface area contributed by atoms with Crippen molar-refractivity contribution < 1.29 is 0 Å². The van der Waals surface area contributed by atoms with Crippen LogP contribution >= 0.6 is 0 Å². The normalized spacial score (nSPS) is 48.5. The molecule has 70 valence electrons. The van der Waals surface area contributed by atoms with Crippen LogP contribution in [0.2, 0.25) is 0 Å². The third kappa shape index (κ3) is 1.39. The molecule has 1 heterocycles. The largest absolute Gasteiger partial charge is 0.314 e. The third-order valence-electron chi connectivity index (χ3n) is 3.96. The summed E-state index contributed by atoms with van der Waals surface area (Å²) in [5.74, 6) is 2.91. The third-order valence-corrected chi connectivity index (χ3v) is 3.96. The van der Waals surface area contributed by atoms with Crippen molar-refractivity contribution in [3.8, 4) is 0 Å². The molecule has 1 N–H and O–H groups in total. The molecule has 0 aromatic heterocycles. The minimum Gasteiger partial charge on any atom is -0.314 e. The highest BCUT2D eigenvalue weighted by Gasteiger charge is 2.36. The molecule has 2 rings (SSSR count). The van der Waals surface area contributed by atoms with Gasteiger partial charge in [0, 0.05) is 6.04 Å². The fourth-order valence-corrected chi connectivity index (χ4v) is 3.33. The smallest absolute Gasteiger partial charge is 0.0100 e. The van der Waals surface area contributed by atoms with E-state index in [0.29, 0.717) is 0 Å². The molecule has 4 unspecified atom stereocenters. The first-order valence-corrected chi connectivity index (χ1v) is 5.52. The van der Waals surface area contributed by atoms with Gasteiger partial charge in [0.15, 0.2) is 0 Å². The van der Waals surface area contributed by atoms with Gasteiger partial charge >= 0.3 is 0 Å². The van der Waals surface area contributed by atoms with E-state index in [1.165, 1.54) is 32.2 Å². The zero-order chi connectivity index (χ0) is 8.55. The lowest BCUT2D eigenvalue weighted by molar-refractivity contribution is 0.0980. The first-order chi connectivity index (χ1) is 5.79. The molecule has 0 spiro atoms. The predicted octanol–water partition coefficient (Wildman–Crippen LogP) is 2.42. The average Bonchev–Trinajstić information content (AvgIpc) is 2.04. The van der Waals surface area contributed by atoms with Crippen LogP contribution in [0.3, 0.4) is 0 Å². The highest BCUT2D eigenvalue weighted by Crippen LogP contribution is 2.38. The summed E-state index contributed by atoms with van der Waals surface area (Å²) >= 11 is 0. The Bertz CT molecular complexity index is 139. The Morgan fingerprint density at radius 3 is 2.50 bits per heavy atom. The van der Waals surface area contributed by atoms with Crippen LogP contribution in [0.4, 0.5) is 0 Å². The molecule has 0 amide bonds. The second kappa shape index (κ2) is 3.37. The van der Waals surface area contributed by atoms with Crippen LogP contribution in [0.15, 0.2) is 0 Å². The van der Waals surface area contributed by atoms with Gasteiger partial charge in [-0.2, -0.15) is 0 Å². The maximum absolute atomic E-state index is 3.68. The van der Waals surface area contributed by atoms with Gasteiger partial charge in [-0.05, 0) is 37.1 Å². The van der Waals surface area contributed by atoms with Crippen molar-refractivity contribution in [3.63, 3.8) is 0 Å². The maximum atomic E-state index is 3.68. The molecule has 2 aliphatic rings. The van der Waals surface area contributed by atoms with Gasteiger partial charge in [-0.3, -0.25) is 0 Å². The Hall–Kier alpha value is -0.0400. The molecule has 1 saturated heterocycles. The molecule has 1 aliphatic heterocycles. The monoisotopic (exact) mass is 167 g/mol. The highest BCUT2D eigenvalue weighted by atomic mass is 14.9. The van der Waals surface area contributed by atoms with Crippen molar-refractivity contribution in [3.05, 3.63) is 0 Å². The Morgan fingerprint density at radius 2 is 1.75 bits per heavy atom. The van der Waals surface area contributed by atoms with E-state index < -0.39 is 0 Å². The number of piperidine rings is 1. The Morgan fingerprint density at radius 1 is 1.00 bits per heavy atom. The van der Waals surface area contributed by atoms with E-state index in [1.54, 1.807) is 0 Å². The second-order valence-electron chi connectivity index (χ2n) is 4.81. The summed E-state index contributed by atoms with van der Waals surface area (Å²) in [6.07, 6.45) is 5.74. The predicted molar refractivity (Wildman–Crippen MR) is 52.1 cm³/mol. The minimum absolute atomic E-state index is 0.859. The van der Waals surface area contributed by atoms with E-state index in [9.17, 15) is 0 Å². The fourth-order valence-electron chi connectivity index (χ4n) is 3.33. The van der Waals surface area contributed by atoms with Crippen LogP contribution in [-0.4, -0.2) is 12.6 Å². The summed E-state index contributed by atoms with van der Waals surface area (Å²) in [6.45, 7) is 6.15. The maximum Gasteiger partial charge on any atom is 0.0100 e. The molecule has 1 saturated carbocycles. The van der Waals surface area contributed by atoms with Gasteiger partial charge in [0.25, 0.3) is 0 Å². The summed E-state index contributed by atoms with van der Waals surface area (Å²) < 4.78 is 0. The van der Waals surface area contributed by atoms with Crippen molar-refractivity contribution in [2.45, 2.75) is 45.6 Å². The summed E-state index contributed by atoms with van der Waals surface area (Å²) in [7, 11) is 0. The van der Waals surface area contributed by atoms with Crippen LogP contribution in [0.25, 0.3) is 0 Å². The summed E-state index contributed by atoms with van der Waals surface area (Å²) in [5, 5.41) is 3.68. The lowest BCUT2D eigenvalue weighted by Gasteiger charge is -2.44. The number of fused-ring (bicyclic) bond motifs is 1. The topological polar surface area (TPSA) is 12.0 Å². The molecule has 0 aromatic carbocycles. The van der Waals surface area contributed by atoms with Crippen molar-refractivity contribution in [2.75, 3.05) is 6.54 Å². The van der Waals surface area contributed by atoms with E-state index in [2.05, 4.69) is 19.2 Å². The minimum atomic E-state index is 0.859. The summed E-state index contributed by atoms with van der Waals surface area (Å²) in [4.78, 5) is 0. The van der Waals surface area contributed by atoms with E-state index in [4.69, 9.17) is 0 Å². The van der Waals surface area contributed by atoms with Crippen LogP contribution in [0, 0.1) is 17.8 Å². The van der Waals surface area contributed by atoms with Gasteiger partial charge in [-0.15, -0.1) is 0 Å². The standard InChI is InChI=1S/C11H21N/c1-8-4-3-5-10-11(8)9(2)6-7-12-10/h8-12H,3-7H2,1-2H3. The van der Waals surface area contributed by atoms with Gasteiger partial charge in [0.2, 0.25) is 0 Å². The number of hydrogen-bond donors (Lipinski definition) is 1. The molecule has 0 radical (unpaired) electrons. The lowest BCUT2D eigenvalue weighted by Crippen LogP contribution is -2.49. The lowest BCUT2D eigenvalue weighted by atomic mass is 9.68. The van der Waals surface area contributed by atoms with Crippen LogP contribution < -0.4 is 5.32 Å². The molecule has 4 atom stereocenters. The molecular formula is C11H21N. The van der Waals surface area contributed by atoms with E-state index in [1.807, 2.05) is 0 Å². The molecule has 12 heavy (non-hydrogen) atoms. The fraction of sp³-hybridized carbons (Fsp3) is 1.00. The molecule has 2 fully saturated rings. The van der Waals surface area contributed by atoms with E-state index in [0.717, 1.165) is 23.8 Å². The zero-order valence-electron chi connectivity index (χ0n) is 8.34. The van der Waals surface area contributed by atoms with Gasteiger partial charge in [0.1, 0.15) is 0 Å². The van der Waals surface area contributed by atoms with Crippen LogP contribution in [0.5, 0.6) is 0 Å². The molecule has 0 bridgehead atoms. The van der Waals surface area contributed by atoms with E-state index >= 15 is 0 Å². The van der Waals surface area contributed by atoms with E-state index in [-0.39, 0.29) is 0 Å². The Kier molecular flexibility index (Phi) is 2.40. The second-order valence-corrected chi connectivity index (χ2v) is 4.81. The van der Waals surface area contributed by atoms with Crippen molar-refractivity contribution in [2.24, 2.45) is 17.8 Å². The van der Waals surface area contributed by atoms with Gasteiger partial charge in [-0.25, -0.2) is 0 Å². The Balaban J connectivity index is 2.07. The summed E-state index contributed by atoms with van der Waals surface area (Å²) in [6, 6.07) is 0.859. The summed E-state index contributed by atoms with van der Waals surface area (Å²) in [5.41, 5.74) is 0. The van der Waals surface area contributed by atoms with Gasteiger partial charge < -0.3 is 5.32 Å². The molecule has 0 aromatic rings. The molecule has 1 heteroatoms. The zero-order valence-corrected chi connectivity index (χ0v) is 8.34. The number of hydrogen-bond acceptors (Lipinski definition) is 1. The van der Waals surface area contributed by atoms with Crippen molar-refractivity contribution in [1.82, 2.24) is 5.32 Å². The Labute approximate surface area is 75.9 Å². The average molecular weight is 167 g/mol. The van der Waals surface area contributed by atoms with Gasteiger partial charge in [0.05, 0.1) is 0 Å². The highest BCUT2D eigenvalue weighted by molar-refractivity contribution is 4.91. The quantitative estimate of drug-likeness (QED) is 0.584. The van der Waals surface area contributed by atoms with Crippen LogP contribution in [0.1, 0.15) is 39.5 Å². The van der Waals surface area contributed by atoms with Crippen molar-refractivity contribution >= 4 is 0 Å². The van der Waals surface area contributed by atoms with Crippen LogP contribution in [-0.2, 0) is 0 Å². The van der Waals surface area contributed by atoms with Crippen molar-refractivity contribution in [1.29, 1.82) is 0 Å². The molecule has 1 nitrogen and oxygen atoms in total. The molecule has 1 aliphatic carbocycles. The number of rotatable bonds is 0. The first kappa shape index (κ1) is 8.55. The number of nitrogens with one attached hydrogen (secondary N) is 1. The van der Waals surface area contributed by atoms with Gasteiger partial charge in [-0.1, -0.05) is 26.7 Å².